The normalized spacial score (nSPS) is 11.6. The van der Waals surface area contributed by atoms with Crippen molar-refractivity contribution >= 4 is 32.7 Å². The molecule has 6 aromatic rings. The Bertz CT molecular complexity index is 1650. The average molecular weight is 428 g/mol. The van der Waals surface area contributed by atoms with Gasteiger partial charge in [-0.1, -0.05) is 54.1 Å². The number of rotatable bonds is 2. The Hall–Kier alpha value is -3.91. The minimum Gasteiger partial charge on any atom is -0.308 e. The van der Waals surface area contributed by atoms with Crippen LogP contribution in [-0.4, -0.2) is 4.57 Å². The summed E-state index contributed by atoms with van der Waals surface area (Å²) < 4.78 is 4.75. The minimum absolute atomic E-state index is 1.21. The Morgan fingerprint density at radius 1 is 0.636 bits per heavy atom. The van der Waals surface area contributed by atoms with Crippen molar-refractivity contribution in [1.82, 2.24) is 4.57 Å². The number of benzene rings is 4. The molecule has 2 heteroatoms. The van der Waals surface area contributed by atoms with Crippen LogP contribution in [-0.2, 0) is 7.05 Å². The number of pyridine rings is 1. The maximum absolute atomic E-state index is 2.41. The van der Waals surface area contributed by atoms with E-state index in [2.05, 4.69) is 128 Å². The molecule has 0 fully saturated rings. The lowest BCUT2D eigenvalue weighted by atomic mass is 9.97. The SMILES string of the molecule is Cc1cc(C)c(C)c(-c2ccc3c(-n4c5ccccc5c5ccccc54)cccc3[n+]2C)c1. The summed E-state index contributed by atoms with van der Waals surface area (Å²) >= 11 is 0. The quantitative estimate of drug-likeness (QED) is 0.255. The van der Waals surface area contributed by atoms with Gasteiger partial charge in [0.2, 0.25) is 11.2 Å². The number of hydrogen-bond acceptors (Lipinski definition) is 0. The molecule has 2 aromatic heterocycles. The molecule has 0 aliphatic carbocycles. The predicted molar refractivity (Wildman–Crippen MR) is 139 cm³/mol. The molecule has 0 atom stereocenters. The third-order valence-electron chi connectivity index (χ3n) is 7.10. The zero-order chi connectivity index (χ0) is 22.7. The van der Waals surface area contributed by atoms with Crippen molar-refractivity contribution in [3.05, 3.63) is 108 Å². The fourth-order valence-corrected chi connectivity index (χ4v) is 5.36. The largest absolute Gasteiger partial charge is 0.308 e. The molecule has 2 nitrogen and oxygen atoms in total. The Kier molecular flexibility index (Phi) is 4.38. The number of aryl methyl sites for hydroxylation is 3. The van der Waals surface area contributed by atoms with E-state index in [1.165, 1.54) is 66.3 Å². The maximum Gasteiger partial charge on any atom is 0.214 e. The van der Waals surface area contributed by atoms with Gasteiger partial charge in [-0.15, -0.1) is 0 Å². The molecule has 0 saturated heterocycles. The van der Waals surface area contributed by atoms with Gasteiger partial charge < -0.3 is 4.57 Å². The number of nitrogens with zero attached hydrogens (tertiary/aromatic N) is 2. The fraction of sp³-hybridized carbons (Fsp3) is 0.129. The molecule has 0 aliphatic rings. The Labute approximate surface area is 194 Å². The van der Waals surface area contributed by atoms with Crippen LogP contribution in [0.3, 0.4) is 0 Å². The molecule has 0 bridgehead atoms. The fourth-order valence-electron chi connectivity index (χ4n) is 5.36. The lowest BCUT2D eigenvalue weighted by Gasteiger charge is -2.13. The summed E-state index contributed by atoms with van der Waals surface area (Å²) in [4.78, 5) is 0. The van der Waals surface area contributed by atoms with Crippen molar-refractivity contribution in [1.29, 1.82) is 0 Å². The second-order valence-electron chi connectivity index (χ2n) is 9.11. The van der Waals surface area contributed by atoms with Gasteiger partial charge in [-0.25, -0.2) is 0 Å². The van der Waals surface area contributed by atoms with E-state index in [-0.39, 0.29) is 0 Å². The Balaban J connectivity index is 1.67. The van der Waals surface area contributed by atoms with E-state index in [0.29, 0.717) is 0 Å². The molecule has 6 rings (SSSR count). The first-order valence-corrected chi connectivity index (χ1v) is 11.5. The van der Waals surface area contributed by atoms with Crippen molar-refractivity contribution in [2.45, 2.75) is 20.8 Å². The van der Waals surface area contributed by atoms with Crippen LogP contribution in [0.5, 0.6) is 0 Å². The van der Waals surface area contributed by atoms with Crippen molar-refractivity contribution in [2.24, 2.45) is 7.05 Å². The lowest BCUT2D eigenvalue weighted by Crippen LogP contribution is -2.32. The van der Waals surface area contributed by atoms with E-state index in [0.717, 1.165) is 0 Å². The van der Waals surface area contributed by atoms with Crippen molar-refractivity contribution in [3.8, 4) is 16.9 Å². The summed E-state index contributed by atoms with van der Waals surface area (Å²) in [6.45, 7) is 6.60. The highest BCUT2D eigenvalue weighted by Crippen LogP contribution is 2.34. The third-order valence-corrected chi connectivity index (χ3v) is 7.10. The highest BCUT2D eigenvalue weighted by Gasteiger charge is 2.20. The monoisotopic (exact) mass is 427 g/mol. The van der Waals surface area contributed by atoms with Gasteiger partial charge in [-0.3, -0.25) is 0 Å². The molecule has 0 radical (unpaired) electrons. The van der Waals surface area contributed by atoms with Crippen LogP contribution in [0.1, 0.15) is 16.7 Å². The molecule has 0 N–H and O–H groups in total. The molecule has 0 unspecified atom stereocenters. The summed E-state index contributed by atoms with van der Waals surface area (Å²) in [5.41, 5.74) is 11.4. The van der Waals surface area contributed by atoms with Crippen LogP contribution >= 0.6 is 0 Å². The van der Waals surface area contributed by atoms with Crippen molar-refractivity contribution in [3.63, 3.8) is 0 Å². The van der Waals surface area contributed by atoms with Gasteiger partial charge in [0.1, 0.15) is 7.05 Å². The van der Waals surface area contributed by atoms with E-state index in [1.807, 2.05) is 0 Å². The minimum atomic E-state index is 1.21. The second kappa shape index (κ2) is 7.31. The van der Waals surface area contributed by atoms with Crippen LogP contribution < -0.4 is 4.57 Å². The maximum atomic E-state index is 2.41. The molecular weight excluding hydrogens is 400 g/mol. The first-order valence-electron chi connectivity index (χ1n) is 11.5. The number of aromatic nitrogens is 2. The van der Waals surface area contributed by atoms with Crippen LogP contribution in [0.4, 0.5) is 0 Å². The van der Waals surface area contributed by atoms with Gasteiger partial charge in [0, 0.05) is 28.5 Å². The smallest absolute Gasteiger partial charge is 0.214 e. The second-order valence-corrected chi connectivity index (χ2v) is 9.11. The summed E-state index contributed by atoms with van der Waals surface area (Å²) in [5, 5.41) is 3.83. The van der Waals surface area contributed by atoms with Crippen LogP contribution in [0.25, 0.3) is 49.7 Å². The van der Waals surface area contributed by atoms with Gasteiger partial charge in [0.05, 0.1) is 22.1 Å². The molecule has 0 amide bonds. The number of fused-ring (bicyclic) bond motifs is 4. The average Bonchev–Trinajstić information content (AvgIpc) is 3.16. The number of para-hydroxylation sites is 2. The van der Waals surface area contributed by atoms with Gasteiger partial charge in [0.15, 0.2) is 0 Å². The third kappa shape index (κ3) is 2.91. The lowest BCUT2D eigenvalue weighted by molar-refractivity contribution is -0.633. The molecule has 0 aliphatic heterocycles. The zero-order valence-electron chi connectivity index (χ0n) is 19.6. The summed E-state index contributed by atoms with van der Waals surface area (Å²) in [6.07, 6.45) is 0. The first-order chi connectivity index (χ1) is 16.0. The molecular formula is C31H27N2+. The molecule has 33 heavy (non-hydrogen) atoms. The van der Waals surface area contributed by atoms with Crippen LogP contribution in [0.15, 0.2) is 91.0 Å². The van der Waals surface area contributed by atoms with Crippen LogP contribution in [0, 0.1) is 20.8 Å². The topological polar surface area (TPSA) is 8.81 Å². The summed E-state index contributed by atoms with van der Waals surface area (Å²) in [7, 11) is 2.18. The first kappa shape index (κ1) is 19.8. The van der Waals surface area contributed by atoms with Crippen molar-refractivity contribution < 1.29 is 4.57 Å². The van der Waals surface area contributed by atoms with Gasteiger partial charge >= 0.3 is 0 Å². The van der Waals surface area contributed by atoms with Gasteiger partial charge in [0.25, 0.3) is 0 Å². The zero-order valence-corrected chi connectivity index (χ0v) is 19.6. The molecule has 4 aromatic carbocycles. The Morgan fingerprint density at radius 2 is 1.30 bits per heavy atom. The van der Waals surface area contributed by atoms with E-state index < -0.39 is 0 Å². The molecule has 160 valence electrons. The highest BCUT2D eigenvalue weighted by molar-refractivity contribution is 6.10. The highest BCUT2D eigenvalue weighted by atomic mass is 15.0. The van der Waals surface area contributed by atoms with E-state index in [9.17, 15) is 0 Å². The summed E-state index contributed by atoms with van der Waals surface area (Å²) in [5.74, 6) is 0. The van der Waals surface area contributed by atoms with E-state index in [1.54, 1.807) is 0 Å². The molecule has 0 spiro atoms. The molecule has 2 heterocycles. The summed E-state index contributed by atoms with van der Waals surface area (Å²) in [6, 6.07) is 33.2. The standard InChI is InChI=1S/C31H27N2/c1-20-18-21(2)22(3)26(19-20)28-17-16-25-27(32(28)4)14-9-15-31(25)33-29-12-7-5-10-23(29)24-11-6-8-13-30(24)33/h5-19H,1-4H3/q+1. The molecule has 0 saturated carbocycles. The van der Waals surface area contributed by atoms with Gasteiger partial charge in [-0.2, -0.15) is 4.57 Å². The van der Waals surface area contributed by atoms with Crippen LogP contribution in [0.2, 0.25) is 0 Å². The predicted octanol–water partition coefficient (Wildman–Crippen LogP) is 7.35. The Morgan fingerprint density at radius 3 is 2.00 bits per heavy atom. The van der Waals surface area contributed by atoms with E-state index in [4.69, 9.17) is 0 Å². The van der Waals surface area contributed by atoms with Gasteiger partial charge in [-0.05, 0) is 62.2 Å². The van der Waals surface area contributed by atoms with E-state index >= 15 is 0 Å². The number of hydrogen-bond donors (Lipinski definition) is 0. The van der Waals surface area contributed by atoms with Crippen molar-refractivity contribution in [2.75, 3.05) is 0 Å².